The largest absolute Gasteiger partial charge is 0.497 e. The van der Waals surface area contributed by atoms with E-state index in [1.165, 1.54) is 17.4 Å². The van der Waals surface area contributed by atoms with Gasteiger partial charge in [0.05, 0.1) is 30.7 Å². The number of nitriles is 1. The van der Waals surface area contributed by atoms with Crippen LogP contribution in [0.25, 0.3) is 23.0 Å². The normalized spacial score (nSPS) is 11.1. The van der Waals surface area contributed by atoms with Gasteiger partial charge in [-0.25, -0.2) is 9.48 Å². The van der Waals surface area contributed by atoms with Crippen LogP contribution < -0.4 is 10.1 Å². The third-order valence-corrected chi connectivity index (χ3v) is 7.01. The monoisotopic (exact) mass is 526 g/mol. The number of rotatable bonds is 8. The second-order valence-corrected chi connectivity index (χ2v) is 9.50. The van der Waals surface area contributed by atoms with E-state index in [1.54, 1.807) is 31.8 Å². The van der Waals surface area contributed by atoms with Gasteiger partial charge in [0, 0.05) is 22.2 Å². The lowest BCUT2D eigenvalue weighted by molar-refractivity contribution is -0.112. The number of ether oxygens (including phenoxy) is 2. The fourth-order valence-electron chi connectivity index (χ4n) is 3.82. The van der Waals surface area contributed by atoms with Crippen LogP contribution in [0.1, 0.15) is 33.3 Å². The van der Waals surface area contributed by atoms with Crippen LogP contribution in [0.5, 0.6) is 5.75 Å². The summed E-state index contributed by atoms with van der Waals surface area (Å²) in [5.41, 5.74) is 3.69. The molecule has 192 valence electrons. The van der Waals surface area contributed by atoms with Crippen molar-refractivity contribution in [2.24, 2.45) is 0 Å². The van der Waals surface area contributed by atoms with Crippen molar-refractivity contribution < 1.29 is 19.1 Å². The molecule has 0 aliphatic rings. The van der Waals surface area contributed by atoms with Crippen LogP contribution in [0.4, 0.5) is 5.00 Å². The predicted octanol–water partition coefficient (Wildman–Crippen LogP) is 5.95. The fourth-order valence-corrected chi connectivity index (χ4v) is 4.86. The van der Waals surface area contributed by atoms with Crippen molar-refractivity contribution in [2.45, 2.75) is 20.8 Å². The first kappa shape index (κ1) is 26.4. The van der Waals surface area contributed by atoms with Crippen molar-refractivity contribution in [1.82, 2.24) is 9.78 Å². The van der Waals surface area contributed by atoms with Crippen molar-refractivity contribution in [3.8, 4) is 28.8 Å². The van der Waals surface area contributed by atoms with Gasteiger partial charge in [0.1, 0.15) is 22.4 Å². The van der Waals surface area contributed by atoms with E-state index < -0.39 is 11.9 Å². The number of para-hydroxylation sites is 1. The summed E-state index contributed by atoms with van der Waals surface area (Å²) in [4.78, 5) is 26.6. The van der Waals surface area contributed by atoms with E-state index in [2.05, 4.69) is 5.32 Å². The number of carbonyl (C=O) groups is 2. The zero-order valence-corrected chi connectivity index (χ0v) is 22.3. The zero-order valence-electron chi connectivity index (χ0n) is 21.4. The van der Waals surface area contributed by atoms with Crippen LogP contribution in [0.15, 0.2) is 66.4 Å². The Labute approximate surface area is 224 Å². The van der Waals surface area contributed by atoms with Gasteiger partial charge in [0.15, 0.2) is 0 Å². The molecule has 1 N–H and O–H groups in total. The zero-order chi connectivity index (χ0) is 27.2. The molecule has 2 aromatic carbocycles. The molecule has 2 heterocycles. The van der Waals surface area contributed by atoms with E-state index in [-0.39, 0.29) is 12.2 Å². The number of hydrogen-bond donors (Lipinski definition) is 1. The number of aromatic nitrogens is 2. The van der Waals surface area contributed by atoms with Gasteiger partial charge >= 0.3 is 5.97 Å². The summed E-state index contributed by atoms with van der Waals surface area (Å²) in [6.45, 7) is 5.59. The van der Waals surface area contributed by atoms with Gasteiger partial charge < -0.3 is 14.8 Å². The number of hydrogen-bond acceptors (Lipinski definition) is 7. The third kappa shape index (κ3) is 5.51. The van der Waals surface area contributed by atoms with Gasteiger partial charge in [-0.3, -0.25) is 4.79 Å². The highest BCUT2D eigenvalue weighted by Crippen LogP contribution is 2.34. The molecule has 0 fully saturated rings. The maximum atomic E-state index is 13.2. The molecule has 4 aromatic rings. The number of thiophene rings is 1. The molecule has 0 unspecified atom stereocenters. The predicted molar refractivity (Wildman–Crippen MR) is 148 cm³/mol. The summed E-state index contributed by atoms with van der Waals surface area (Å²) >= 11 is 1.26. The van der Waals surface area contributed by atoms with E-state index in [4.69, 9.17) is 14.6 Å². The van der Waals surface area contributed by atoms with E-state index >= 15 is 0 Å². The molecule has 0 aliphatic carbocycles. The lowest BCUT2D eigenvalue weighted by Crippen LogP contribution is -2.16. The molecule has 2 aromatic heterocycles. The average Bonchev–Trinajstić information content (AvgIpc) is 3.47. The number of esters is 1. The average molecular weight is 527 g/mol. The number of nitrogens with one attached hydrogen (secondary N) is 1. The Hall–Kier alpha value is -4.68. The Kier molecular flexibility index (Phi) is 8.04. The first-order valence-electron chi connectivity index (χ1n) is 11.9. The molecule has 0 atom stereocenters. The second kappa shape index (κ2) is 11.6. The Morgan fingerprint density at radius 2 is 1.84 bits per heavy atom. The van der Waals surface area contributed by atoms with Crippen molar-refractivity contribution in [3.05, 3.63) is 87.9 Å². The minimum atomic E-state index is -0.632. The standard InChI is InChI=1S/C29H26N4O4S/c1-5-37-29(35)25-18(2)19(3)38-28(25)31-27(34)21(16-30)15-22-17-33(23-9-7-6-8-10-23)32-26(22)20-11-13-24(36-4)14-12-20/h6-15,17H,5H2,1-4H3,(H,31,34)/b21-15+. The Balaban J connectivity index is 1.74. The quantitative estimate of drug-likeness (QED) is 0.173. The minimum absolute atomic E-state index is 0.133. The number of anilines is 1. The number of aryl methyl sites for hydroxylation is 1. The van der Waals surface area contributed by atoms with Crippen molar-refractivity contribution in [1.29, 1.82) is 5.26 Å². The van der Waals surface area contributed by atoms with Crippen molar-refractivity contribution in [2.75, 3.05) is 19.0 Å². The van der Waals surface area contributed by atoms with Crippen LogP contribution in [0.3, 0.4) is 0 Å². The van der Waals surface area contributed by atoms with E-state index in [1.807, 2.05) is 67.6 Å². The summed E-state index contributed by atoms with van der Waals surface area (Å²) in [6.07, 6.45) is 3.27. The van der Waals surface area contributed by atoms with Crippen molar-refractivity contribution in [3.63, 3.8) is 0 Å². The van der Waals surface area contributed by atoms with Crippen LogP contribution >= 0.6 is 11.3 Å². The molecule has 0 radical (unpaired) electrons. The second-order valence-electron chi connectivity index (χ2n) is 8.27. The molecule has 9 heteroatoms. The molecular formula is C29H26N4O4S. The number of methoxy groups -OCH3 is 1. The summed E-state index contributed by atoms with van der Waals surface area (Å²) in [6, 6.07) is 18.9. The molecule has 0 saturated heterocycles. The Morgan fingerprint density at radius 1 is 1.13 bits per heavy atom. The lowest BCUT2D eigenvalue weighted by atomic mass is 10.1. The van der Waals surface area contributed by atoms with Gasteiger partial charge in [-0.1, -0.05) is 18.2 Å². The summed E-state index contributed by atoms with van der Waals surface area (Å²) in [7, 11) is 1.59. The maximum Gasteiger partial charge on any atom is 0.341 e. The van der Waals surface area contributed by atoms with Gasteiger partial charge in [0.2, 0.25) is 0 Å². The Morgan fingerprint density at radius 3 is 2.47 bits per heavy atom. The fraction of sp³-hybridized carbons (Fsp3) is 0.172. The van der Waals surface area contributed by atoms with Crippen LogP contribution in [0.2, 0.25) is 0 Å². The highest BCUT2D eigenvalue weighted by molar-refractivity contribution is 7.16. The van der Waals surface area contributed by atoms with Crippen LogP contribution in [-0.4, -0.2) is 35.4 Å². The van der Waals surface area contributed by atoms with E-state index in [0.717, 1.165) is 21.7 Å². The highest BCUT2D eigenvalue weighted by atomic mass is 32.1. The van der Waals surface area contributed by atoms with Gasteiger partial charge in [-0.15, -0.1) is 11.3 Å². The number of nitrogens with zero attached hydrogens (tertiary/aromatic N) is 3. The van der Waals surface area contributed by atoms with E-state index in [0.29, 0.717) is 27.6 Å². The first-order valence-corrected chi connectivity index (χ1v) is 12.7. The lowest BCUT2D eigenvalue weighted by Gasteiger charge is -2.07. The SMILES string of the molecule is CCOC(=O)c1c(NC(=O)/C(C#N)=C/c2cn(-c3ccccc3)nc2-c2ccc(OC)cc2)sc(C)c1C. The molecule has 0 aliphatic heterocycles. The maximum absolute atomic E-state index is 13.2. The summed E-state index contributed by atoms with van der Waals surface area (Å²) in [5, 5.41) is 17.7. The smallest absolute Gasteiger partial charge is 0.341 e. The topological polar surface area (TPSA) is 106 Å². The van der Waals surface area contributed by atoms with E-state index in [9.17, 15) is 14.9 Å². The van der Waals surface area contributed by atoms with Gasteiger partial charge in [0.25, 0.3) is 5.91 Å². The van der Waals surface area contributed by atoms with Gasteiger partial charge in [-0.2, -0.15) is 10.4 Å². The molecular weight excluding hydrogens is 500 g/mol. The summed E-state index contributed by atoms with van der Waals surface area (Å²) in [5.74, 6) is -0.449. The highest BCUT2D eigenvalue weighted by Gasteiger charge is 2.23. The minimum Gasteiger partial charge on any atom is -0.497 e. The van der Waals surface area contributed by atoms with Crippen LogP contribution in [-0.2, 0) is 9.53 Å². The van der Waals surface area contributed by atoms with Crippen LogP contribution in [0, 0.1) is 25.2 Å². The van der Waals surface area contributed by atoms with Gasteiger partial charge in [-0.05, 0) is 68.8 Å². The number of amides is 1. The first-order chi connectivity index (χ1) is 18.4. The Bertz CT molecular complexity index is 1540. The molecule has 4 rings (SSSR count). The molecule has 0 bridgehead atoms. The molecule has 38 heavy (non-hydrogen) atoms. The molecule has 0 spiro atoms. The molecule has 0 saturated carbocycles. The van der Waals surface area contributed by atoms with Crippen molar-refractivity contribution >= 4 is 34.3 Å². The molecule has 8 nitrogen and oxygen atoms in total. The number of benzene rings is 2. The summed E-state index contributed by atoms with van der Waals surface area (Å²) < 4.78 is 12.1. The third-order valence-electron chi connectivity index (χ3n) is 5.88. The number of carbonyl (C=O) groups excluding carboxylic acids is 2. The molecule has 1 amide bonds.